The lowest BCUT2D eigenvalue weighted by atomic mass is 10.1. The highest BCUT2D eigenvalue weighted by atomic mass is 32.2. The van der Waals surface area contributed by atoms with Crippen LogP contribution in [-0.4, -0.2) is 9.97 Å². The molecule has 20 heavy (non-hydrogen) atoms. The second kappa shape index (κ2) is 5.26. The van der Waals surface area contributed by atoms with Crippen LogP contribution in [0.3, 0.4) is 0 Å². The number of nitrogens with two attached hydrogens (primary N) is 1. The first-order valence-electron chi connectivity index (χ1n) is 6.32. The van der Waals surface area contributed by atoms with Crippen molar-refractivity contribution in [2.45, 2.75) is 23.0 Å². The number of nitrogens with zero attached hydrogens (tertiary/aromatic N) is 1. The number of fused-ring (bicyclic) bond motifs is 1. The second-order valence-electron chi connectivity index (χ2n) is 4.61. The fourth-order valence-corrected chi connectivity index (χ4v) is 3.10. The fraction of sp³-hybridized carbons (Fsp3) is 0.133. The third kappa shape index (κ3) is 2.42. The molecule has 0 aliphatic rings. The first-order chi connectivity index (χ1) is 9.65. The predicted molar refractivity (Wildman–Crippen MR) is 79.2 cm³/mol. The molecule has 1 heterocycles. The van der Waals surface area contributed by atoms with E-state index in [0.29, 0.717) is 10.1 Å². The molecule has 0 unspecified atom stereocenters. The average Bonchev–Trinajstić information content (AvgIpc) is 2.83. The largest absolute Gasteiger partial charge is 0.333 e. The maximum absolute atomic E-state index is 14.0. The second-order valence-corrected chi connectivity index (χ2v) is 5.61. The van der Waals surface area contributed by atoms with E-state index in [1.54, 1.807) is 6.07 Å². The summed E-state index contributed by atoms with van der Waals surface area (Å²) in [7, 11) is 0. The number of halogens is 1. The van der Waals surface area contributed by atoms with Crippen LogP contribution in [0.5, 0.6) is 0 Å². The monoisotopic (exact) mass is 287 g/mol. The lowest BCUT2D eigenvalue weighted by Gasteiger charge is -2.11. The van der Waals surface area contributed by atoms with Crippen LogP contribution in [0.2, 0.25) is 0 Å². The molecule has 3 rings (SSSR count). The normalized spacial score (nSPS) is 12.8. The molecule has 2 aromatic carbocycles. The molecule has 3 nitrogen and oxygen atoms in total. The summed E-state index contributed by atoms with van der Waals surface area (Å²) < 4.78 is 14.0. The van der Waals surface area contributed by atoms with Crippen molar-refractivity contribution in [3.05, 3.63) is 53.8 Å². The zero-order chi connectivity index (χ0) is 14.1. The Morgan fingerprint density at radius 2 is 2.00 bits per heavy atom. The van der Waals surface area contributed by atoms with Crippen LogP contribution in [0.25, 0.3) is 11.0 Å². The first kappa shape index (κ1) is 13.1. The maximum Gasteiger partial charge on any atom is 0.171 e. The summed E-state index contributed by atoms with van der Waals surface area (Å²) in [4.78, 5) is 8.16. The fourth-order valence-electron chi connectivity index (χ4n) is 2.07. The molecule has 5 heteroatoms. The van der Waals surface area contributed by atoms with Gasteiger partial charge in [0.25, 0.3) is 0 Å². The minimum Gasteiger partial charge on any atom is -0.333 e. The van der Waals surface area contributed by atoms with Crippen molar-refractivity contribution in [3.8, 4) is 0 Å². The Morgan fingerprint density at radius 1 is 1.20 bits per heavy atom. The molecule has 0 bridgehead atoms. The van der Waals surface area contributed by atoms with E-state index in [-0.39, 0.29) is 11.9 Å². The van der Waals surface area contributed by atoms with Crippen molar-refractivity contribution >= 4 is 22.8 Å². The molecule has 0 radical (unpaired) electrons. The van der Waals surface area contributed by atoms with E-state index in [1.165, 1.54) is 17.8 Å². The van der Waals surface area contributed by atoms with Crippen molar-refractivity contribution < 1.29 is 4.39 Å². The van der Waals surface area contributed by atoms with Gasteiger partial charge in [0.2, 0.25) is 0 Å². The Hall–Kier alpha value is -1.85. The van der Waals surface area contributed by atoms with E-state index in [1.807, 2.05) is 37.3 Å². The molecule has 0 fully saturated rings. The van der Waals surface area contributed by atoms with Crippen molar-refractivity contribution in [1.82, 2.24) is 9.97 Å². The number of aromatic nitrogens is 2. The molecular formula is C15H14FN3S. The molecule has 0 saturated heterocycles. The van der Waals surface area contributed by atoms with Crippen LogP contribution < -0.4 is 5.73 Å². The third-order valence-corrected chi connectivity index (χ3v) is 4.08. The van der Waals surface area contributed by atoms with E-state index < -0.39 is 0 Å². The van der Waals surface area contributed by atoms with Crippen LogP contribution in [0.4, 0.5) is 4.39 Å². The molecule has 3 N–H and O–H groups in total. The summed E-state index contributed by atoms with van der Waals surface area (Å²) >= 11 is 1.27. The Labute approximate surface area is 120 Å². The first-order valence-corrected chi connectivity index (χ1v) is 7.13. The number of hydrogen-bond acceptors (Lipinski definition) is 3. The summed E-state index contributed by atoms with van der Waals surface area (Å²) in [6.45, 7) is 1.84. The van der Waals surface area contributed by atoms with Gasteiger partial charge < -0.3 is 10.7 Å². The van der Waals surface area contributed by atoms with E-state index in [2.05, 4.69) is 9.97 Å². The maximum atomic E-state index is 14.0. The average molecular weight is 287 g/mol. The summed E-state index contributed by atoms with van der Waals surface area (Å²) in [6.07, 6.45) is 0. The predicted octanol–water partition coefficient (Wildman–Crippen LogP) is 3.87. The molecule has 102 valence electrons. The van der Waals surface area contributed by atoms with Gasteiger partial charge in [-0.15, -0.1) is 0 Å². The zero-order valence-electron chi connectivity index (χ0n) is 10.9. The molecule has 0 aliphatic heterocycles. The van der Waals surface area contributed by atoms with Crippen LogP contribution in [0.1, 0.15) is 18.5 Å². The van der Waals surface area contributed by atoms with Gasteiger partial charge in [0, 0.05) is 6.04 Å². The molecule has 0 aliphatic carbocycles. The van der Waals surface area contributed by atoms with Crippen LogP contribution in [0, 0.1) is 5.82 Å². The topological polar surface area (TPSA) is 54.7 Å². The summed E-state index contributed by atoms with van der Waals surface area (Å²) in [5.74, 6) is -0.273. The lowest BCUT2D eigenvalue weighted by molar-refractivity contribution is 0.591. The molecule has 1 aromatic heterocycles. The van der Waals surface area contributed by atoms with Gasteiger partial charge in [-0.2, -0.15) is 0 Å². The molecular weight excluding hydrogens is 273 g/mol. The Morgan fingerprint density at radius 3 is 2.75 bits per heavy atom. The van der Waals surface area contributed by atoms with Gasteiger partial charge in [0.15, 0.2) is 5.16 Å². The standard InChI is InChI=1S/C15H14FN3S/c1-9(17)10-5-4-6-11(16)14(10)20-15-18-12-7-2-3-8-13(12)19-15/h2-9H,17H2,1H3,(H,18,19)/t9-/m1/s1. The minimum atomic E-state index is -0.273. The number of para-hydroxylation sites is 2. The molecule has 0 amide bonds. The van der Waals surface area contributed by atoms with Gasteiger partial charge in [0.05, 0.1) is 15.9 Å². The lowest BCUT2D eigenvalue weighted by Crippen LogP contribution is -2.07. The number of rotatable bonds is 3. The SMILES string of the molecule is C[C@@H](N)c1cccc(F)c1Sc1nc2ccccc2[nH]1. The number of hydrogen-bond donors (Lipinski definition) is 2. The molecule has 1 atom stereocenters. The van der Waals surface area contributed by atoms with Crippen molar-refractivity contribution in [2.75, 3.05) is 0 Å². The highest BCUT2D eigenvalue weighted by Crippen LogP contribution is 2.34. The van der Waals surface area contributed by atoms with E-state index in [4.69, 9.17) is 5.73 Å². The number of H-pyrrole nitrogens is 1. The number of imidazole rings is 1. The summed E-state index contributed by atoms with van der Waals surface area (Å²) in [6, 6.07) is 12.5. The van der Waals surface area contributed by atoms with Crippen LogP contribution in [-0.2, 0) is 0 Å². The summed E-state index contributed by atoms with van der Waals surface area (Å²) in [5, 5.41) is 0.665. The van der Waals surface area contributed by atoms with E-state index >= 15 is 0 Å². The number of nitrogens with one attached hydrogen (secondary N) is 1. The van der Waals surface area contributed by atoms with E-state index in [0.717, 1.165) is 16.6 Å². The van der Waals surface area contributed by atoms with Gasteiger partial charge in [-0.3, -0.25) is 0 Å². The van der Waals surface area contributed by atoms with E-state index in [9.17, 15) is 4.39 Å². The van der Waals surface area contributed by atoms with Crippen molar-refractivity contribution in [3.63, 3.8) is 0 Å². The Bertz CT molecular complexity index is 719. The molecule has 3 aromatic rings. The number of aromatic amines is 1. The molecule has 0 saturated carbocycles. The van der Waals surface area contributed by atoms with Gasteiger partial charge in [-0.05, 0) is 42.4 Å². The third-order valence-electron chi connectivity index (χ3n) is 3.05. The Balaban J connectivity index is 2.02. The van der Waals surface area contributed by atoms with Crippen LogP contribution in [0.15, 0.2) is 52.5 Å². The van der Waals surface area contributed by atoms with Gasteiger partial charge in [-0.1, -0.05) is 24.3 Å². The van der Waals surface area contributed by atoms with Crippen molar-refractivity contribution in [2.24, 2.45) is 5.73 Å². The molecule has 0 spiro atoms. The van der Waals surface area contributed by atoms with Gasteiger partial charge >= 0.3 is 0 Å². The number of benzene rings is 2. The minimum absolute atomic E-state index is 0.224. The van der Waals surface area contributed by atoms with Gasteiger partial charge in [0.1, 0.15) is 5.82 Å². The smallest absolute Gasteiger partial charge is 0.171 e. The highest BCUT2D eigenvalue weighted by Gasteiger charge is 2.14. The van der Waals surface area contributed by atoms with Crippen LogP contribution >= 0.6 is 11.8 Å². The van der Waals surface area contributed by atoms with Crippen molar-refractivity contribution in [1.29, 1.82) is 0 Å². The summed E-state index contributed by atoms with van der Waals surface area (Å²) in [5.41, 5.74) is 8.50. The zero-order valence-corrected chi connectivity index (χ0v) is 11.7. The quantitative estimate of drug-likeness (QED) is 0.768. The highest BCUT2D eigenvalue weighted by molar-refractivity contribution is 7.99. The Kier molecular flexibility index (Phi) is 3.46. The van der Waals surface area contributed by atoms with Gasteiger partial charge in [-0.25, -0.2) is 9.37 Å².